The van der Waals surface area contributed by atoms with Crippen molar-refractivity contribution in [2.45, 2.75) is 38.1 Å². The summed E-state index contributed by atoms with van der Waals surface area (Å²) >= 11 is 0. The highest BCUT2D eigenvalue weighted by Gasteiger charge is 2.26. The van der Waals surface area contributed by atoms with Gasteiger partial charge in [0, 0.05) is 44.4 Å². The van der Waals surface area contributed by atoms with E-state index in [0.717, 1.165) is 61.9 Å². The van der Waals surface area contributed by atoms with Gasteiger partial charge in [0.05, 0.1) is 0 Å². The first-order chi connectivity index (χ1) is 14.2. The van der Waals surface area contributed by atoms with Crippen molar-refractivity contribution < 1.29 is 0 Å². The van der Waals surface area contributed by atoms with E-state index in [1.54, 1.807) is 13.2 Å². The molecule has 0 aliphatic carbocycles. The summed E-state index contributed by atoms with van der Waals surface area (Å²) in [5.74, 6) is 2.31. The molecule has 9 heteroatoms. The van der Waals surface area contributed by atoms with Crippen molar-refractivity contribution in [1.82, 2.24) is 34.5 Å². The first-order valence-corrected chi connectivity index (χ1v) is 10.4. The second-order valence-electron chi connectivity index (χ2n) is 8.05. The lowest BCUT2D eigenvalue weighted by atomic mass is 9.96. The monoisotopic (exact) mass is 394 g/mol. The molecular weight excluding hydrogens is 368 g/mol. The number of piperidine rings is 1. The van der Waals surface area contributed by atoms with Crippen LogP contribution in [0, 0.1) is 0 Å². The van der Waals surface area contributed by atoms with Crippen LogP contribution in [0.15, 0.2) is 29.2 Å². The van der Waals surface area contributed by atoms with Gasteiger partial charge in [-0.25, -0.2) is 4.68 Å². The summed E-state index contributed by atoms with van der Waals surface area (Å²) in [5, 5.41) is 17.7. The maximum absolute atomic E-state index is 12.2. The lowest BCUT2D eigenvalue weighted by Crippen LogP contribution is -2.35. The zero-order valence-corrected chi connectivity index (χ0v) is 16.7. The quantitative estimate of drug-likeness (QED) is 0.657. The standard InChI is InChI=1S/C20H26N8O/c1-25-20(29)16(6-9-21-25)14-26-12-7-15(8-13-26)19-23-22-17-4-5-18(24-28(17)19)27-10-2-3-11-27/h4-6,9,15H,2-3,7-8,10-14H2,1H3. The Balaban J connectivity index is 1.30. The molecule has 0 spiro atoms. The number of hydrogen-bond acceptors (Lipinski definition) is 7. The summed E-state index contributed by atoms with van der Waals surface area (Å²) < 4.78 is 3.33. The average molecular weight is 394 g/mol. The van der Waals surface area contributed by atoms with Crippen LogP contribution in [0.5, 0.6) is 0 Å². The molecule has 5 heterocycles. The topological polar surface area (TPSA) is 84.5 Å². The van der Waals surface area contributed by atoms with Crippen LogP contribution in [0.1, 0.15) is 43.0 Å². The van der Waals surface area contributed by atoms with Crippen molar-refractivity contribution in [2.24, 2.45) is 7.05 Å². The summed E-state index contributed by atoms with van der Waals surface area (Å²) in [7, 11) is 1.69. The van der Waals surface area contributed by atoms with Crippen LogP contribution in [0.4, 0.5) is 5.82 Å². The van der Waals surface area contributed by atoms with Gasteiger partial charge in [-0.2, -0.15) is 9.61 Å². The highest BCUT2D eigenvalue weighted by atomic mass is 16.1. The van der Waals surface area contributed by atoms with Gasteiger partial charge in [-0.15, -0.1) is 15.3 Å². The molecule has 0 amide bonds. The number of rotatable bonds is 4. The summed E-state index contributed by atoms with van der Waals surface area (Å²) in [4.78, 5) is 16.9. The SMILES string of the molecule is Cn1nccc(CN2CCC(c3nnc4ccc(N5CCCC5)nn34)CC2)c1=O. The van der Waals surface area contributed by atoms with Crippen LogP contribution < -0.4 is 10.5 Å². The van der Waals surface area contributed by atoms with E-state index in [2.05, 4.69) is 31.2 Å². The van der Waals surface area contributed by atoms with E-state index in [-0.39, 0.29) is 5.56 Å². The highest BCUT2D eigenvalue weighted by Crippen LogP contribution is 2.28. The summed E-state index contributed by atoms with van der Waals surface area (Å²) in [6.45, 7) is 4.67. The predicted molar refractivity (Wildman–Crippen MR) is 109 cm³/mol. The normalized spacial score (nSPS) is 18.7. The lowest BCUT2D eigenvalue weighted by molar-refractivity contribution is 0.199. The zero-order chi connectivity index (χ0) is 19.8. The van der Waals surface area contributed by atoms with E-state index in [0.29, 0.717) is 12.5 Å². The van der Waals surface area contributed by atoms with E-state index in [4.69, 9.17) is 5.10 Å². The molecule has 152 valence electrons. The Morgan fingerprint density at radius 2 is 1.83 bits per heavy atom. The number of aryl methyl sites for hydroxylation is 1. The largest absolute Gasteiger partial charge is 0.355 e. The third-order valence-corrected chi connectivity index (χ3v) is 6.13. The first-order valence-electron chi connectivity index (χ1n) is 10.4. The molecule has 0 N–H and O–H groups in total. The minimum Gasteiger partial charge on any atom is -0.355 e. The molecule has 0 radical (unpaired) electrons. The molecule has 9 nitrogen and oxygen atoms in total. The number of aromatic nitrogens is 6. The molecule has 0 bridgehead atoms. The van der Waals surface area contributed by atoms with Crippen molar-refractivity contribution in [3.05, 3.63) is 46.1 Å². The van der Waals surface area contributed by atoms with Gasteiger partial charge >= 0.3 is 0 Å². The van der Waals surface area contributed by atoms with Crippen molar-refractivity contribution in [1.29, 1.82) is 0 Å². The molecule has 5 rings (SSSR count). The maximum Gasteiger partial charge on any atom is 0.270 e. The van der Waals surface area contributed by atoms with Gasteiger partial charge in [0.25, 0.3) is 5.56 Å². The molecule has 0 saturated carbocycles. The molecule has 0 unspecified atom stereocenters. The third kappa shape index (κ3) is 3.50. The van der Waals surface area contributed by atoms with Crippen LogP contribution in [-0.4, -0.2) is 60.7 Å². The molecule has 0 atom stereocenters. The average Bonchev–Trinajstić information content (AvgIpc) is 3.42. The van der Waals surface area contributed by atoms with Gasteiger partial charge in [-0.3, -0.25) is 9.69 Å². The molecule has 2 aliphatic rings. The number of hydrogen-bond donors (Lipinski definition) is 0. The Morgan fingerprint density at radius 3 is 2.62 bits per heavy atom. The van der Waals surface area contributed by atoms with Crippen LogP contribution in [-0.2, 0) is 13.6 Å². The van der Waals surface area contributed by atoms with Gasteiger partial charge in [-0.05, 0) is 57.0 Å². The first kappa shape index (κ1) is 18.2. The zero-order valence-electron chi connectivity index (χ0n) is 16.7. The smallest absolute Gasteiger partial charge is 0.270 e. The number of anilines is 1. The lowest BCUT2D eigenvalue weighted by Gasteiger charge is -2.30. The Kier molecular flexibility index (Phi) is 4.75. The second-order valence-corrected chi connectivity index (χ2v) is 8.05. The van der Waals surface area contributed by atoms with Crippen molar-refractivity contribution >= 4 is 11.5 Å². The molecule has 2 saturated heterocycles. The van der Waals surface area contributed by atoms with E-state index in [1.165, 1.54) is 17.5 Å². The van der Waals surface area contributed by atoms with Crippen molar-refractivity contribution in [3.8, 4) is 0 Å². The maximum atomic E-state index is 12.2. The van der Waals surface area contributed by atoms with Crippen molar-refractivity contribution in [2.75, 3.05) is 31.1 Å². The van der Waals surface area contributed by atoms with Crippen LogP contribution >= 0.6 is 0 Å². The van der Waals surface area contributed by atoms with Crippen LogP contribution in [0.25, 0.3) is 5.65 Å². The fraction of sp³-hybridized carbons (Fsp3) is 0.550. The minimum absolute atomic E-state index is 0.0169. The summed E-state index contributed by atoms with van der Waals surface area (Å²) in [5.41, 5.74) is 1.59. The summed E-state index contributed by atoms with van der Waals surface area (Å²) in [6, 6.07) is 5.90. The molecule has 29 heavy (non-hydrogen) atoms. The molecule has 2 fully saturated rings. The van der Waals surface area contributed by atoms with Crippen molar-refractivity contribution in [3.63, 3.8) is 0 Å². The number of fused-ring (bicyclic) bond motifs is 1. The van der Waals surface area contributed by atoms with Crippen LogP contribution in [0.3, 0.4) is 0 Å². The third-order valence-electron chi connectivity index (χ3n) is 6.13. The van der Waals surface area contributed by atoms with Gasteiger partial charge in [0.2, 0.25) is 0 Å². The second kappa shape index (κ2) is 7.55. The molecular formula is C20H26N8O. The number of nitrogens with zero attached hydrogens (tertiary/aromatic N) is 8. The van der Waals surface area contributed by atoms with E-state index in [9.17, 15) is 4.79 Å². The summed E-state index contributed by atoms with van der Waals surface area (Å²) in [6.07, 6.45) is 6.13. The van der Waals surface area contributed by atoms with Gasteiger partial charge in [0.1, 0.15) is 5.82 Å². The molecule has 3 aromatic rings. The van der Waals surface area contributed by atoms with Crippen LogP contribution in [0.2, 0.25) is 0 Å². The Bertz CT molecular complexity index is 1060. The highest BCUT2D eigenvalue weighted by molar-refractivity contribution is 5.46. The number of likely N-dealkylation sites (tertiary alicyclic amines) is 1. The van der Waals surface area contributed by atoms with E-state index >= 15 is 0 Å². The van der Waals surface area contributed by atoms with Gasteiger partial charge in [-0.1, -0.05) is 0 Å². The van der Waals surface area contributed by atoms with Gasteiger partial charge in [0.15, 0.2) is 11.5 Å². The van der Waals surface area contributed by atoms with E-state index < -0.39 is 0 Å². The van der Waals surface area contributed by atoms with E-state index in [1.807, 2.05) is 16.6 Å². The van der Waals surface area contributed by atoms with Gasteiger partial charge < -0.3 is 4.90 Å². The molecule has 2 aliphatic heterocycles. The predicted octanol–water partition coefficient (Wildman–Crippen LogP) is 1.20. The fourth-order valence-corrected chi connectivity index (χ4v) is 4.43. The fourth-order valence-electron chi connectivity index (χ4n) is 4.43. The Hall–Kier alpha value is -2.81. The Labute approximate surface area is 169 Å². The molecule has 3 aromatic heterocycles. The minimum atomic E-state index is -0.0169. The Morgan fingerprint density at radius 1 is 1.03 bits per heavy atom. The molecule has 0 aromatic carbocycles.